The third-order valence-corrected chi connectivity index (χ3v) is 4.44. The lowest BCUT2D eigenvalue weighted by atomic mass is 9.87. The standard InChI is InChI=1S/C20H20N2/c1-13-11-14-7-5-6-8-16(14)19-21-17-10-9-15(20(2,3)4)12-18(17)22(13)19/h5-12H,1-4H3. The van der Waals surface area contributed by atoms with Crippen LogP contribution in [0.5, 0.6) is 0 Å². The van der Waals surface area contributed by atoms with E-state index in [1.54, 1.807) is 0 Å². The Morgan fingerprint density at radius 1 is 0.955 bits per heavy atom. The Hall–Kier alpha value is -2.35. The molecule has 0 saturated heterocycles. The molecular formula is C20H20N2. The van der Waals surface area contributed by atoms with Crippen LogP contribution in [0.3, 0.4) is 0 Å². The Kier molecular flexibility index (Phi) is 2.62. The van der Waals surface area contributed by atoms with Crippen LogP contribution in [0.1, 0.15) is 32.0 Å². The molecule has 0 aliphatic heterocycles. The molecule has 2 aromatic heterocycles. The van der Waals surface area contributed by atoms with Gasteiger partial charge in [-0.3, -0.25) is 4.40 Å². The van der Waals surface area contributed by atoms with Crippen LogP contribution in [-0.4, -0.2) is 9.38 Å². The van der Waals surface area contributed by atoms with Crippen LogP contribution in [0.25, 0.3) is 27.5 Å². The zero-order valence-electron chi connectivity index (χ0n) is 13.5. The highest BCUT2D eigenvalue weighted by molar-refractivity contribution is 5.98. The second kappa shape index (κ2) is 4.33. The van der Waals surface area contributed by atoms with Gasteiger partial charge in [0.15, 0.2) is 0 Å². The summed E-state index contributed by atoms with van der Waals surface area (Å²) < 4.78 is 2.28. The lowest BCUT2D eigenvalue weighted by Gasteiger charge is -2.18. The van der Waals surface area contributed by atoms with E-state index >= 15 is 0 Å². The maximum Gasteiger partial charge on any atom is 0.146 e. The summed E-state index contributed by atoms with van der Waals surface area (Å²) in [6.07, 6.45) is 0. The largest absolute Gasteiger partial charge is 0.296 e. The van der Waals surface area contributed by atoms with Gasteiger partial charge < -0.3 is 0 Å². The quantitative estimate of drug-likeness (QED) is 0.432. The highest BCUT2D eigenvalue weighted by Crippen LogP contribution is 2.30. The number of fused-ring (bicyclic) bond motifs is 5. The summed E-state index contributed by atoms with van der Waals surface area (Å²) in [5.41, 5.74) is 6.02. The minimum atomic E-state index is 0.142. The van der Waals surface area contributed by atoms with Crippen molar-refractivity contribution in [3.05, 3.63) is 59.8 Å². The molecule has 22 heavy (non-hydrogen) atoms. The molecular weight excluding hydrogens is 268 g/mol. The fourth-order valence-electron chi connectivity index (χ4n) is 3.20. The minimum Gasteiger partial charge on any atom is -0.296 e. The summed E-state index contributed by atoms with van der Waals surface area (Å²) in [4.78, 5) is 4.89. The Morgan fingerprint density at radius 2 is 1.73 bits per heavy atom. The van der Waals surface area contributed by atoms with Crippen molar-refractivity contribution in [2.24, 2.45) is 0 Å². The first-order valence-corrected chi connectivity index (χ1v) is 7.76. The third kappa shape index (κ3) is 1.83. The molecule has 0 bridgehead atoms. The molecule has 0 amide bonds. The Balaban J connectivity index is 2.19. The monoisotopic (exact) mass is 288 g/mol. The number of benzene rings is 2. The molecule has 2 aromatic carbocycles. The SMILES string of the molecule is Cc1cc2ccccc2c2nc3ccc(C(C)(C)C)cc3n12. The highest BCUT2D eigenvalue weighted by atomic mass is 15.0. The number of hydrogen-bond donors (Lipinski definition) is 0. The molecule has 110 valence electrons. The topological polar surface area (TPSA) is 17.3 Å². The molecule has 4 aromatic rings. The maximum absolute atomic E-state index is 4.89. The number of pyridine rings is 1. The average Bonchev–Trinajstić information content (AvgIpc) is 2.85. The third-order valence-electron chi connectivity index (χ3n) is 4.44. The molecule has 0 spiro atoms. The number of nitrogens with zero attached hydrogens (tertiary/aromatic N) is 2. The van der Waals surface area contributed by atoms with E-state index in [0.29, 0.717) is 0 Å². The van der Waals surface area contributed by atoms with Crippen LogP contribution in [0.4, 0.5) is 0 Å². The predicted octanol–water partition coefficient (Wildman–Crippen LogP) is 5.25. The molecule has 0 saturated carbocycles. The zero-order chi connectivity index (χ0) is 15.5. The summed E-state index contributed by atoms with van der Waals surface area (Å²) in [7, 11) is 0. The Morgan fingerprint density at radius 3 is 2.50 bits per heavy atom. The molecule has 0 aliphatic rings. The van der Waals surface area contributed by atoms with E-state index in [2.05, 4.69) is 80.6 Å². The number of rotatable bonds is 0. The van der Waals surface area contributed by atoms with Gasteiger partial charge in [0, 0.05) is 11.1 Å². The van der Waals surface area contributed by atoms with Crippen molar-refractivity contribution in [1.82, 2.24) is 9.38 Å². The number of aryl methyl sites for hydroxylation is 1. The number of imidazole rings is 1. The lowest BCUT2D eigenvalue weighted by Crippen LogP contribution is -2.10. The Bertz CT molecular complexity index is 1020. The summed E-state index contributed by atoms with van der Waals surface area (Å²) in [6.45, 7) is 8.91. The van der Waals surface area contributed by atoms with E-state index in [-0.39, 0.29) is 5.41 Å². The Labute approximate surface area is 130 Å². The van der Waals surface area contributed by atoms with E-state index in [0.717, 1.165) is 11.2 Å². The molecule has 4 rings (SSSR count). The van der Waals surface area contributed by atoms with Crippen LogP contribution in [-0.2, 0) is 5.41 Å². The van der Waals surface area contributed by atoms with Crippen LogP contribution in [0.15, 0.2) is 48.5 Å². The first kappa shape index (κ1) is 13.3. The lowest BCUT2D eigenvalue weighted by molar-refractivity contribution is 0.591. The molecule has 0 atom stereocenters. The van der Waals surface area contributed by atoms with Gasteiger partial charge in [0.2, 0.25) is 0 Å². The van der Waals surface area contributed by atoms with E-state index in [1.807, 2.05) is 0 Å². The van der Waals surface area contributed by atoms with Crippen LogP contribution < -0.4 is 0 Å². The summed E-state index contributed by atoms with van der Waals surface area (Å²) >= 11 is 0. The van der Waals surface area contributed by atoms with Crippen LogP contribution in [0, 0.1) is 6.92 Å². The molecule has 2 heteroatoms. The van der Waals surface area contributed by atoms with Gasteiger partial charge in [-0.1, -0.05) is 51.1 Å². The summed E-state index contributed by atoms with van der Waals surface area (Å²) in [5, 5.41) is 2.46. The second-order valence-electron chi connectivity index (χ2n) is 7.10. The fourth-order valence-corrected chi connectivity index (χ4v) is 3.20. The van der Waals surface area contributed by atoms with Crippen molar-refractivity contribution in [3.8, 4) is 0 Å². The van der Waals surface area contributed by atoms with Crippen molar-refractivity contribution in [2.45, 2.75) is 33.1 Å². The van der Waals surface area contributed by atoms with Crippen molar-refractivity contribution in [2.75, 3.05) is 0 Å². The van der Waals surface area contributed by atoms with Gasteiger partial charge in [-0.2, -0.15) is 0 Å². The van der Waals surface area contributed by atoms with Gasteiger partial charge in [-0.05, 0) is 41.5 Å². The van der Waals surface area contributed by atoms with Crippen molar-refractivity contribution >= 4 is 27.5 Å². The van der Waals surface area contributed by atoms with Crippen molar-refractivity contribution < 1.29 is 0 Å². The molecule has 2 nitrogen and oxygen atoms in total. The van der Waals surface area contributed by atoms with Crippen molar-refractivity contribution in [1.29, 1.82) is 0 Å². The molecule has 0 unspecified atom stereocenters. The molecule has 0 fully saturated rings. The first-order valence-electron chi connectivity index (χ1n) is 7.76. The maximum atomic E-state index is 4.89. The van der Waals surface area contributed by atoms with Crippen molar-refractivity contribution in [3.63, 3.8) is 0 Å². The number of hydrogen-bond acceptors (Lipinski definition) is 1. The molecule has 0 aliphatic carbocycles. The van der Waals surface area contributed by atoms with Gasteiger partial charge in [0.05, 0.1) is 11.0 Å². The van der Waals surface area contributed by atoms with E-state index in [1.165, 1.54) is 27.5 Å². The van der Waals surface area contributed by atoms with E-state index < -0.39 is 0 Å². The zero-order valence-corrected chi connectivity index (χ0v) is 13.5. The minimum absolute atomic E-state index is 0.142. The molecule has 0 radical (unpaired) electrons. The van der Waals surface area contributed by atoms with E-state index in [4.69, 9.17) is 4.98 Å². The second-order valence-corrected chi connectivity index (χ2v) is 7.10. The van der Waals surface area contributed by atoms with Crippen LogP contribution in [0.2, 0.25) is 0 Å². The molecule has 2 heterocycles. The van der Waals surface area contributed by atoms with Gasteiger partial charge in [0.25, 0.3) is 0 Å². The smallest absolute Gasteiger partial charge is 0.146 e. The van der Waals surface area contributed by atoms with E-state index in [9.17, 15) is 0 Å². The molecule has 0 N–H and O–H groups in total. The average molecular weight is 288 g/mol. The summed E-state index contributed by atoms with van der Waals surface area (Å²) in [5.74, 6) is 0. The normalized spacial score (nSPS) is 12.5. The number of aromatic nitrogens is 2. The van der Waals surface area contributed by atoms with Gasteiger partial charge in [-0.15, -0.1) is 0 Å². The summed E-state index contributed by atoms with van der Waals surface area (Å²) in [6, 6.07) is 17.4. The van der Waals surface area contributed by atoms with Gasteiger partial charge in [0.1, 0.15) is 5.65 Å². The predicted molar refractivity (Wildman–Crippen MR) is 93.6 cm³/mol. The first-order chi connectivity index (χ1) is 10.4. The van der Waals surface area contributed by atoms with Crippen LogP contribution >= 0.6 is 0 Å². The van der Waals surface area contributed by atoms with Gasteiger partial charge >= 0.3 is 0 Å². The highest BCUT2D eigenvalue weighted by Gasteiger charge is 2.16. The fraction of sp³-hybridized carbons (Fsp3) is 0.250. The van der Waals surface area contributed by atoms with Gasteiger partial charge in [-0.25, -0.2) is 4.98 Å².